The molecule has 2 aliphatic heterocycles. The summed E-state index contributed by atoms with van der Waals surface area (Å²) in [4.78, 5) is 2.59. The summed E-state index contributed by atoms with van der Waals surface area (Å²) < 4.78 is 6.10. The Hall–Kier alpha value is -1.06. The van der Waals surface area contributed by atoms with Crippen molar-refractivity contribution in [1.29, 1.82) is 0 Å². The molecule has 2 aliphatic rings. The molecule has 0 amide bonds. The molecule has 3 rings (SSSR count). The minimum atomic E-state index is 0.546. The number of nitrogens with one attached hydrogen (secondary N) is 1. The van der Waals surface area contributed by atoms with Crippen molar-refractivity contribution in [3.63, 3.8) is 0 Å². The number of rotatable bonds is 2. The highest BCUT2D eigenvalue weighted by atomic mass is 16.5. The van der Waals surface area contributed by atoms with Crippen LogP contribution in [0.2, 0.25) is 0 Å². The van der Waals surface area contributed by atoms with E-state index in [0.717, 1.165) is 45.0 Å². The molecule has 0 aliphatic carbocycles. The molecule has 0 radical (unpaired) electrons. The van der Waals surface area contributed by atoms with Crippen LogP contribution < -0.4 is 10.1 Å². The van der Waals surface area contributed by atoms with Gasteiger partial charge in [-0.2, -0.15) is 0 Å². The van der Waals surface area contributed by atoms with Crippen molar-refractivity contribution in [2.24, 2.45) is 0 Å². The number of fused-ring (bicyclic) bond motifs is 1. The van der Waals surface area contributed by atoms with Crippen LogP contribution in [0.3, 0.4) is 0 Å². The van der Waals surface area contributed by atoms with E-state index in [-0.39, 0.29) is 0 Å². The predicted octanol–water partition coefficient (Wildman–Crippen LogP) is 2.33. The summed E-state index contributed by atoms with van der Waals surface area (Å²) in [6, 6.07) is 5.09. The van der Waals surface area contributed by atoms with E-state index >= 15 is 0 Å². The van der Waals surface area contributed by atoms with E-state index in [4.69, 9.17) is 4.74 Å². The molecule has 1 saturated heterocycles. The topological polar surface area (TPSA) is 24.5 Å². The smallest absolute Gasteiger partial charge is 0.123 e. The molecule has 1 N–H and O–H groups in total. The first-order chi connectivity index (χ1) is 9.65. The summed E-state index contributed by atoms with van der Waals surface area (Å²) in [5.74, 6) is 1.69. The van der Waals surface area contributed by atoms with Crippen molar-refractivity contribution in [2.45, 2.75) is 39.2 Å². The van der Waals surface area contributed by atoms with Crippen molar-refractivity contribution in [3.8, 4) is 5.75 Å². The van der Waals surface area contributed by atoms with Crippen molar-refractivity contribution in [2.75, 3.05) is 32.8 Å². The lowest BCUT2D eigenvalue weighted by Crippen LogP contribution is -2.52. The van der Waals surface area contributed by atoms with Crippen molar-refractivity contribution in [3.05, 3.63) is 28.8 Å². The molecule has 3 heteroatoms. The van der Waals surface area contributed by atoms with E-state index in [2.05, 4.69) is 43.1 Å². The molecule has 0 saturated carbocycles. The fourth-order valence-electron chi connectivity index (χ4n) is 3.43. The van der Waals surface area contributed by atoms with Crippen molar-refractivity contribution < 1.29 is 4.74 Å². The van der Waals surface area contributed by atoms with E-state index in [1.807, 2.05) is 0 Å². The maximum atomic E-state index is 6.10. The summed E-state index contributed by atoms with van der Waals surface area (Å²) in [7, 11) is 0. The highest BCUT2D eigenvalue weighted by molar-refractivity contribution is 5.46. The van der Waals surface area contributed by atoms with Gasteiger partial charge in [-0.25, -0.2) is 0 Å². The van der Waals surface area contributed by atoms with Gasteiger partial charge < -0.3 is 10.1 Å². The predicted molar refractivity (Wildman–Crippen MR) is 82.7 cm³/mol. The molecule has 0 bridgehead atoms. The van der Waals surface area contributed by atoms with Gasteiger partial charge in [0, 0.05) is 32.2 Å². The first-order valence-electron chi connectivity index (χ1n) is 7.86. The molecule has 1 aromatic rings. The van der Waals surface area contributed by atoms with Crippen LogP contribution in [0.15, 0.2) is 12.1 Å². The number of benzene rings is 1. The van der Waals surface area contributed by atoms with Gasteiger partial charge >= 0.3 is 0 Å². The van der Waals surface area contributed by atoms with Gasteiger partial charge in [0.1, 0.15) is 12.4 Å². The zero-order chi connectivity index (χ0) is 14.1. The van der Waals surface area contributed by atoms with Crippen LogP contribution in [0.1, 0.15) is 36.5 Å². The van der Waals surface area contributed by atoms with Crippen LogP contribution in [-0.4, -0.2) is 43.7 Å². The van der Waals surface area contributed by atoms with E-state index in [1.54, 1.807) is 0 Å². The molecule has 20 heavy (non-hydrogen) atoms. The van der Waals surface area contributed by atoms with Crippen LogP contribution in [0.5, 0.6) is 5.75 Å². The maximum Gasteiger partial charge on any atom is 0.123 e. The second-order valence-electron chi connectivity index (χ2n) is 6.44. The lowest BCUT2D eigenvalue weighted by atomic mass is 9.89. The number of ether oxygens (including phenoxy) is 1. The zero-order valence-electron chi connectivity index (χ0n) is 12.9. The largest absolute Gasteiger partial charge is 0.492 e. The highest BCUT2D eigenvalue weighted by Crippen LogP contribution is 2.34. The Kier molecular flexibility index (Phi) is 3.99. The van der Waals surface area contributed by atoms with Crippen molar-refractivity contribution >= 4 is 0 Å². The van der Waals surface area contributed by atoms with Crippen LogP contribution >= 0.6 is 0 Å². The Bertz CT molecular complexity index is 478. The molecular weight excluding hydrogens is 248 g/mol. The van der Waals surface area contributed by atoms with E-state index in [1.165, 1.54) is 16.7 Å². The minimum Gasteiger partial charge on any atom is -0.492 e. The van der Waals surface area contributed by atoms with Gasteiger partial charge in [0.05, 0.1) is 0 Å². The van der Waals surface area contributed by atoms with Gasteiger partial charge in [0.25, 0.3) is 0 Å². The number of hydrogen-bond acceptors (Lipinski definition) is 3. The molecule has 110 valence electrons. The Balaban J connectivity index is 1.85. The molecule has 1 unspecified atom stereocenters. The van der Waals surface area contributed by atoms with Crippen LogP contribution in [0.25, 0.3) is 0 Å². The van der Waals surface area contributed by atoms with E-state index in [9.17, 15) is 0 Å². The first kappa shape index (κ1) is 13.9. The summed E-state index contributed by atoms with van der Waals surface area (Å²) in [5, 5.41) is 3.43. The third kappa shape index (κ3) is 2.70. The van der Waals surface area contributed by atoms with Crippen LogP contribution in [-0.2, 0) is 6.42 Å². The number of hydrogen-bond donors (Lipinski definition) is 1. The van der Waals surface area contributed by atoms with Gasteiger partial charge in [-0.1, -0.05) is 19.9 Å². The lowest BCUT2D eigenvalue weighted by Gasteiger charge is -2.38. The molecule has 1 atom stereocenters. The average molecular weight is 274 g/mol. The van der Waals surface area contributed by atoms with E-state index in [0.29, 0.717) is 12.0 Å². The summed E-state index contributed by atoms with van der Waals surface area (Å²) in [6.07, 6.45) is 1.14. The van der Waals surface area contributed by atoms with Crippen LogP contribution in [0, 0.1) is 6.92 Å². The Labute approximate surface area is 122 Å². The fraction of sp³-hybridized carbons (Fsp3) is 0.647. The standard InChI is InChI=1S/C17H26N2O/c1-12(2)15-8-13(3)9-17-16(15)10-14(11-20-17)19-6-4-18-5-7-19/h8-9,12,14,18H,4-7,10-11H2,1-3H3. The molecule has 0 spiro atoms. The molecule has 2 heterocycles. The number of nitrogens with zero attached hydrogens (tertiary/aromatic N) is 1. The SMILES string of the molecule is Cc1cc2c(c(C(C)C)c1)CC(N1CCNCC1)CO2. The monoisotopic (exact) mass is 274 g/mol. The second kappa shape index (κ2) is 5.74. The van der Waals surface area contributed by atoms with Gasteiger partial charge in [-0.15, -0.1) is 0 Å². The summed E-state index contributed by atoms with van der Waals surface area (Å²) in [6.45, 7) is 12.1. The Morgan fingerprint density at radius 1 is 1.25 bits per heavy atom. The fourth-order valence-corrected chi connectivity index (χ4v) is 3.43. The van der Waals surface area contributed by atoms with Crippen LogP contribution in [0.4, 0.5) is 0 Å². The second-order valence-corrected chi connectivity index (χ2v) is 6.44. The molecule has 1 aromatic carbocycles. The first-order valence-corrected chi connectivity index (χ1v) is 7.86. The molecule has 3 nitrogen and oxygen atoms in total. The summed E-state index contributed by atoms with van der Waals surface area (Å²) in [5.41, 5.74) is 4.23. The van der Waals surface area contributed by atoms with E-state index < -0.39 is 0 Å². The average Bonchev–Trinajstić information content (AvgIpc) is 2.46. The van der Waals surface area contributed by atoms with Gasteiger partial charge in [-0.3, -0.25) is 4.90 Å². The molecular formula is C17H26N2O. The highest BCUT2D eigenvalue weighted by Gasteiger charge is 2.28. The quantitative estimate of drug-likeness (QED) is 0.896. The zero-order valence-corrected chi connectivity index (χ0v) is 12.9. The Morgan fingerprint density at radius 3 is 2.70 bits per heavy atom. The van der Waals surface area contributed by atoms with Gasteiger partial charge in [0.15, 0.2) is 0 Å². The maximum absolute atomic E-state index is 6.10. The minimum absolute atomic E-state index is 0.546. The van der Waals surface area contributed by atoms with Gasteiger partial charge in [0.2, 0.25) is 0 Å². The third-order valence-electron chi connectivity index (χ3n) is 4.55. The molecule has 1 fully saturated rings. The molecule has 0 aromatic heterocycles. The van der Waals surface area contributed by atoms with Gasteiger partial charge in [-0.05, 0) is 42.0 Å². The number of piperazine rings is 1. The summed E-state index contributed by atoms with van der Waals surface area (Å²) >= 11 is 0. The normalized spacial score (nSPS) is 23.5. The number of aryl methyl sites for hydroxylation is 1. The van der Waals surface area contributed by atoms with Crippen molar-refractivity contribution in [1.82, 2.24) is 10.2 Å². The Morgan fingerprint density at radius 2 is 2.00 bits per heavy atom. The lowest BCUT2D eigenvalue weighted by molar-refractivity contribution is 0.107. The third-order valence-corrected chi connectivity index (χ3v) is 4.55.